The highest BCUT2D eigenvalue weighted by molar-refractivity contribution is 8.00. The smallest absolute Gasteiger partial charge is 0.0192 e. The summed E-state index contributed by atoms with van der Waals surface area (Å²) in [4.78, 5) is 0. The third-order valence-corrected chi connectivity index (χ3v) is 4.55. The summed E-state index contributed by atoms with van der Waals surface area (Å²) in [7, 11) is 0. The Hall–Kier alpha value is 0.400. The highest BCUT2D eigenvalue weighted by atomic mass is 32.2. The molecule has 1 nitrogen and oxygen atoms in total. The normalized spacial score (nSPS) is 27.8. The van der Waals surface area contributed by atoms with E-state index in [1.165, 1.54) is 17.9 Å². The summed E-state index contributed by atoms with van der Waals surface area (Å²) in [5.74, 6) is 3.62. The molecule has 1 aliphatic rings. The molecule has 0 amide bonds. The largest absolute Gasteiger partial charge is 0.312 e. The molecule has 13 heavy (non-hydrogen) atoms. The molecule has 1 rings (SSSR count). The van der Waals surface area contributed by atoms with Crippen molar-refractivity contribution in [1.82, 2.24) is 5.32 Å². The van der Waals surface area contributed by atoms with Crippen molar-refractivity contribution in [3.8, 4) is 0 Å². The number of hydrogen-bond donors (Lipinski definition) is 1. The summed E-state index contributed by atoms with van der Waals surface area (Å²) in [6.07, 6.45) is 3.32. The number of thioether (sulfide) groups is 2. The molecule has 1 aliphatic heterocycles. The van der Waals surface area contributed by atoms with E-state index in [1.807, 2.05) is 17.8 Å². The molecule has 0 spiro atoms. The average molecular weight is 217 g/mol. The SMILES string of the molecule is C=CCSCCNC1CCSC1C. The molecular formula is C10H19NS2. The molecule has 2 atom stereocenters. The van der Waals surface area contributed by atoms with Gasteiger partial charge in [0, 0.05) is 29.3 Å². The summed E-state index contributed by atoms with van der Waals surface area (Å²) >= 11 is 4.04. The second kappa shape index (κ2) is 6.80. The highest BCUT2D eigenvalue weighted by Crippen LogP contribution is 2.25. The van der Waals surface area contributed by atoms with Crippen LogP contribution < -0.4 is 5.32 Å². The van der Waals surface area contributed by atoms with Crippen molar-refractivity contribution < 1.29 is 0 Å². The van der Waals surface area contributed by atoms with Gasteiger partial charge in [0.05, 0.1) is 0 Å². The average Bonchev–Trinajstić information content (AvgIpc) is 2.52. The van der Waals surface area contributed by atoms with Gasteiger partial charge in [-0.2, -0.15) is 23.5 Å². The topological polar surface area (TPSA) is 12.0 Å². The van der Waals surface area contributed by atoms with Gasteiger partial charge in [-0.3, -0.25) is 0 Å². The Morgan fingerprint density at radius 3 is 3.15 bits per heavy atom. The molecule has 0 saturated carbocycles. The zero-order chi connectivity index (χ0) is 9.52. The fourth-order valence-electron chi connectivity index (χ4n) is 1.48. The molecule has 0 radical (unpaired) electrons. The Bertz CT molecular complexity index is 150. The summed E-state index contributed by atoms with van der Waals surface area (Å²) in [6, 6.07) is 0.759. The highest BCUT2D eigenvalue weighted by Gasteiger charge is 2.22. The second-order valence-corrected chi connectivity index (χ2v) is 5.92. The van der Waals surface area contributed by atoms with Crippen LogP contribution in [-0.4, -0.2) is 35.1 Å². The Morgan fingerprint density at radius 2 is 2.54 bits per heavy atom. The molecule has 1 N–H and O–H groups in total. The lowest BCUT2D eigenvalue weighted by Gasteiger charge is -2.15. The monoisotopic (exact) mass is 217 g/mol. The first-order valence-electron chi connectivity index (χ1n) is 4.88. The van der Waals surface area contributed by atoms with E-state index in [0.717, 1.165) is 23.6 Å². The van der Waals surface area contributed by atoms with Gasteiger partial charge in [0.25, 0.3) is 0 Å². The summed E-state index contributed by atoms with van der Waals surface area (Å²) in [5.41, 5.74) is 0. The number of nitrogens with one attached hydrogen (secondary N) is 1. The molecule has 1 heterocycles. The van der Waals surface area contributed by atoms with Gasteiger partial charge in [-0.15, -0.1) is 6.58 Å². The first kappa shape index (κ1) is 11.5. The Morgan fingerprint density at radius 1 is 1.69 bits per heavy atom. The van der Waals surface area contributed by atoms with E-state index in [0.29, 0.717) is 0 Å². The number of hydrogen-bond acceptors (Lipinski definition) is 3. The van der Waals surface area contributed by atoms with E-state index in [-0.39, 0.29) is 0 Å². The van der Waals surface area contributed by atoms with Crippen molar-refractivity contribution >= 4 is 23.5 Å². The Balaban J connectivity index is 1.95. The maximum Gasteiger partial charge on any atom is 0.0192 e. The zero-order valence-corrected chi connectivity index (χ0v) is 9.92. The van der Waals surface area contributed by atoms with E-state index in [4.69, 9.17) is 0 Å². The lowest BCUT2D eigenvalue weighted by molar-refractivity contribution is 0.532. The fourth-order valence-corrected chi connectivity index (χ4v) is 3.30. The third-order valence-electron chi connectivity index (χ3n) is 2.26. The van der Waals surface area contributed by atoms with Crippen molar-refractivity contribution in [2.24, 2.45) is 0 Å². The second-order valence-electron chi connectivity index (χ2n) is 3.29. The molecule has 0 aromatic carbocycles. The molecule has 1 saturated heterocycles. The Labute approximate surface area is 90.1 Å². The minimum Gasteiger partial charge on any atom is -0.312 e. The minimum absolute atomic E-state index is 0.759. The van der Waals surface area contributed by atoms with Crippen molar-refractivity contribution in [2.45, 2.75) is 24.6 Å². The molecule has 3 heteroatoms. The van der Waals surface area contributed by atoms with Gasteiger partial charge >= 0.3 is 0 Å². The molecule has 76 valence electrons. The van der Waals surface area contributed by atoms with E-state index in [1.54, 1.807) is 0 Å². The maximum atomic E-state index is 3.70. The van der Waals surface area contributed by atoms with Crippen molar-refractivity contribution in [2.75, 3.05) is 23.8 Å². The van der Waals surface area contributed by atoms with Crippen LogP contribution in [0.4, 0.5) is 0 Å². The lowest BCUT2D eigenvalue weighted by atomic mass is 10.2. The van der Waals surface area contributed by atoms with Crippen LogP contribution in [0.1, 0.15) is 13.3 Å². The van der Waals surface area contributed by atoms with Gasteiger partial charge in [0.2, 0.25) is 0 Å². The van der Waals surface area contributed by atoms with Gasteiger partial charge in [0.1, 0.15) is 0 Å². The zero-order valence-electron chi connectivity index (χ0n) is 8.29. The van der Waals surface area contributed by atoms with Crippen molar-refractivity contribution in [3.63, 3.8) is 0 Å². The van der Waals surface area contributed by atoms with Gasteiger partial charge in [0.15, 0.2) is 0 Å². The van der Waals surface area contributed by atoms with Crippen LogP contribution in [-0.2, 0) is 0 Å². The summed E-state index contributed by atoms with van der Waals surface area (Å²) in [5, 5.41) is 4.42. The van der Waals surface area contributed by atoms with Gasteiger partial charge in [-0.05, 0) is 12.2 Å². The van der Waals surface area contributed by atoms with E-state index in [9.17, 15) is 0 Å². The first-order chi connectivity index (χ1) is 6.34. The van der Waals surface area contributed by atoms with Crippen LogP contribution in [0.3, 0.4) is 0 Å². The van der Waals surface area contributed by atoms with E-state index >= 15 is 0 Å². The van der Waals surface area contributed by atoms with Gasteiger partial charge < -0.3 is 5.32 Å². The first-order valence-corrected chi connectivity index (χ1v) is 7.08. The molecule has 0 bridgehead atoms. The molecule has 0 aliphatic carbocycles. The van der Waals surface area contributed by atoms with Crippen LogP contribution in [0.15, 0.2) is 12.7 Å². The van der Waals surface area contributed by atoms with Crippen LogP contribution in [0, 0.1) is 0 Å². The molecule has 2 unspecified atom stereocenters. The van der Waals surface area contributed by atoms with E-state index in [2.05, 4.69) is 30.6 Å². The third kappa shape index (κ3) is 4.43. The molecular weight excluding hydrogens is 198 g/mol. The van der Waals surface area contributed by atoms with Gasteiger partial charge in [-0.1, -0.05) is 13.0 Å². The minimum atomic E-state index is 0.759. The lowest BCUT2D eigenvalue weighted by Crippen LogP contribution is -2.34. The standard InChI is InChI=1S/C10H19NS2/c1-3-6-12-8-5-11-10-4-7-13-9(10)2/h3,9-11H,1,4-8H2,2H3. The van der Waals surface area contributed by atoms with E-state index < -0.39 is 0 Å². The van der Waals surface area contributed by atoms with Gasteiger partial charge in [-0.25, -0.2) is 0 Å². The van der Waals surface area contributed by atoms with Crippen LogP contribution >= 0.6 is 23.5 Å². The predicted molar refractivity (Wildman–Crippen MR) is 65.8 cm³/mol. The van der Waals surface area contributed by atoms with Crippen LogP contribution in [0.25, 0.3) is 0 Å². The number of rotatable bonds is 6. The van der Waals surface area contributed by atoms with Crippen LogP contribution in [0.2, 0.25) is 0 Å². The molecule has 0 aromatic heterocycles. The Kier molecular flexibility index (Phi) is 6.00. The van der Waals surface area contributed by atoms with Crippen molar-refractivity contribution in [3.05, 3.63) is 12.7 Å². The van der Waals surface area contributed by atoms with Crippen LogP contribution in [0.5, 0.6) is 0 Å². The quantitative estimate of drug-likeness (QED) is 0.542. The fraction of sp³-hybridized carbons (Fsp3) is 0.800. The molecule has 0 aromatic rings. The summed E-state index contributed by atoms with van der Waals surface area (Å²) < 4.78 is 0. The molecule has 1 fully saturated rings. The predicted octanol–water partition coefficient (Wildman–Crippen LogP) is 2.39. The van der Waals surface area contributed by atoms with Crippen molar-refractivity contribution in [1.29, 1.82) is 0 Å². The maximum absolute atomic E-state index is 3.70. The summed E-state index contributed by atoms with van der Waals surface area (Å²) in [6.45, 7) is 7.18.